The molecule has 0 aliphatic rings. The van der Waals surface area contributed by atoms with Crippen LogP contribution in [-0.2, 0) is 4.74 Å². The Morgan fingerprint density at radius 2 is 2.05 bits per heavy atom. The van der Waals surface area contributed by atoms with Crippen molar-refractivity contribution in [2.75, 3.05) is 12.3 Å². The molecule has 1 aromatic carbocycles. The number of rotatable bonds is 4. The second kappa shape index (κ2) is 6.38. The number of para-hydroxylation sites is 1. The van der Waals surface area contributed by atoms with Gasteiger partial charge in [0, 0.05) is 17.3 Å². The van der Waals surface area contributed by atoms with E-state index in [0.29, 0.717) is 23.0 Å². The average Bonchev–Trinajstić information content (AvgIpc) is 2.44. The summed E-state index contributed by atoms with van der Waals surface area (Å²) < 4.78 is 4.97. The number of hydrogen-bond acceptors (Lipinski definition) is 6. The average molecular weight is 289 g/mol. The molecule has 20 heavy (non-hydrogen) atoms. The van der Waals surface area contributed by atoms with Gasteiger partial charge in [0.05, 0.1) is 17.9 Å². The minimum atomic E-state index is -0.419. The number of esters is 1. The van der Waals surface area contributed by atoms with E-state index in [1.165, 1.54) is 11.8 Å². The van der Waals surface area contributed by atoms with Gasteiger partial charge in [0.15, 0.2) is 5.16 Å². The van der Waals surface area contributed by atoms with Crippen LogP contribution < -0.4 is 5.73 Å². The molecule has 0 bridgehead atoms. The lowest BCUT2D eigenvalue weighted by Gasteiger charge is -2.09. The lowest BCUT2D eigenvalue weighted by atomic mass is 10.2. The number of nitrogens with two attached hydrogens (primary N) is 1. The van der Waals surface area contributed by atoms with Crippen LogP contribution in [0.5, 0.6) is 0 Å². The third kappa shape index (κ3) is 3.27. The molecule has 0 amide bonds. The smallest absolute Gasteiger partial charge is 0.340 e. The van der Waals surface area contributed by atoms with E-state index >= 15 is 0 Å². The number of aromatic nitrogens is 2. The highest BCUT2D eigenvalue weighted by Crippen LogP contribution is 2.31. The molecule has 0 unspecified atom stereocenters. The second-order valence-corrected chi connectivity index (χ2v) is 5.09. The topological polar surface area (TPSA) is 78.1 Å². The first-order valence-corrected chi connectivity index (χ1v) is 6.95. The minimum absolute atomic E-state index is 0.316. The molecule has 0 saturated heterocycles. The number of anilines is 1. The molecule has 2 N–H and O–H groups in total. The highest BCUT2D eigenvalue weighted by Gasteiger charge is 2.14. The maximum Gasteiger partial charge on any atom is 0.340 e. The summed E-state index contributed by atoms with van der Waals surface area (Å²) in [7, 11) is 0. The van der Waals surface area contributed by atoms with Gasteiger partial charge in [0.2, 0.25) is 0 Å². The van der Waals surface area contributed by atoms with E-state index in [1.54, 1.807) is 31.5 Å². The fourth-order valence-corrected chi connectivity index (χ4v) is 2.33. The minimum Gasteiger partial charge on any atom is -0.462 e. The van der Waals surface area contributed by atoms with Gasteiger partial charge in [-0.05, 0) is 43.3 Å². The van der Waals surface area contributed by atoms with Crippen molar-refractivity contribution in [3.05, 3.63) is 41.7 Å². The molecular formula is C14H15N3O2S. The molecule has 0 fully saturated rings. The number of hydrogen-bond donors (Lipinski definition) is 1. The largest absolute Gasteiger partial charge is 0.462 e. The number of benzene rings is 1. The zero-order valence-corrected chi connectivity index (χ0v) is 12.1. The van der Waals surface area contributed by atoms with Crippen LogP contribution in [-0.4, -0.2) is 22.5 Å². The molecule has 1 heterocycles. The second-order valence-electron chi connectivity index (χ2n) is 4.08. The monoisotopic (exact) mass is 289 g/mol. The highest BCUT2D eigenvalue weighted by atomic mass is 32.2. The van der Waals surface area contributed by atoms with Crippen LogP contribution in [0.15, 0.2) is 40.6 Å². The predicted molar refractivity (Wildman–Crippen MR) is 77.7 cm³/mol. The standard InChI is InChI=1S/C14H15N3O2S/c1-3-19-13(18)10-5-4-6-11(12(10)15)20-14-16-7-9(2)8-17-14/h4-8H,3,15H2,1-2H3. The summed E-state index contributed by atoms with van der Waals surface area (Å²) in [4.78, 5) is 20.9. The summed E-state index contributed by atoms with van der Waals surface area (Å²) in [5.41, 5.74) is 7.76. The Bertz CT molecular complexity index is 614. The first-order valence-electron chi connectivity index (χ1n) is 6.14. The van der Waals surface area contributed by atoms with Crippen molar-refractivity contribution in [1.82, 2.24) is 9.97 Å². The van der Waals surface area contributed by atoms with E-state index in [1.807, 2.05) is 13.0 Å². The Hall–Kier alpha value is -2.08. The summed E-state index contributed by atoms with van der Waals surface area (Å²) >= 11 is 1.32. The van der Waals surface area contributed by atoms with E-state index in [0.717, 1.165) is 10.5 Å². The Kier molecular flexibility index (Phi) is 4.57. The van der Waals surface area contributed by atoms with Crippen molar-refractivity contribution in [3.8, 4) is 0 Å². The van der Waals surface area contributed by atoms with Gasteiger partial charge in [-0.3, -0.25) is 0 Å². The number of carbonyl (C=O) groups excluding carboxylic acids is 1. The third-order valence-corrected chi connectivity index (χ3v) is 3.49. The molecule has 0 spiro atoms. The van der Waals surface area contributed by atoms with Gasteiger partial charge in [-0.15, -0.1) is 0 Å². The highest BCUT2D eigenvalue weighted by molar-refractivity contribution is 7.99. The molecule has 2 aromatic rings. The molecule has 0 saturated carbocycles. The van der Waals surface area contributed by atoms with Gasteiger partial charge >= 0.3 is 5.97 Å². The zero-order chi connectivity index (χ0) is 14.5. The third-order valence-electron chi connectivity index (χ3n) is 2.52. The van der Waals surface area contributed by atoms with Gasteiger partial charge in [-0.2, -0.15) is 0 Å². The lowest BCUT2D eigenvalue weighted by molar-refractivity contribution is 0.0527. The number of ether oxygens (including phenoxy) is 1. The molecule has 0 atom stereocenters. The number of nitrogen functional groups attached to an aromatic ring is 1. The van der Waals surface area contributed by atoms with Crippen LogP contribution in [0.3, 0.4) is 0 Å². The van der Waals surface area contributed by atoms with Crippen molar-refractivity contribution < 1.29 is 9.53 Å². The van der Waals surface area contributed by atoms with E-state index in [4.69, 9.17) is 10.5 Å². The molecule has 5 nitrogen and oxygen atoms in total. The Morgan fingerprint density at radius 1 is 1.35 bits per heavy atom. The van der Waals surface area contributed by atoms with Crippen LogP contribution in [0.1, 0.15) is 22.8 Å². The Balaban J connectivity index is 2.26. The van der Waals surface area contributed by atoms with Crippen molar-refractivity contribution >= 4 is 23.4 Å². The van der Waals surface area contributed by atoms with Crippen LogP contribution in [0.25, 0.3) is 0 Å². The predicted octanol–water partition coefficient (Wildman–Crippen LogP) is 2.70. The normalized spacial score (nSPS) is 10.3. The van der Waals surface area contributed by atoms with Crippen LogP contribution >= 0.6 is 11.8 Å². The van der Waals surface area contributed by atoms with Gasteiger partial charge in [0.25, 0.3) is 0 Å². The molecule has 0 aliphatic carbocycles. The number of nitrogens with zero attached hydrogens (tertiary/aromatic N) is 2. The molecular weight excluding hydrogens is 274 g/mol. The SMILES string of the molecule is CCOC(=O)c1cccc(Sc2ncc(C)cn2)c1N. The van der Waals surface area contributed by atoms with Crippen molar-refractivity contribution in [1.29, 1.82) is 0 Å². The first kappa shape index (κ1) is 14.3. The van der Waals surface area contributed by atoms with Crippen molar-refractivity contribution in [3.63, 3.8) is 0 Å². The van der Waals surface area contributed by atoms with Crippen LogP contribution in [0, 0.1) is 6.92 Å². The molecule has 0 radical (unpaired) electrons. The van der Waals surface area contributed by atoms with E-state index in [-0.39, 0.29) is 0 Å². The summed E-state index contributed by atoms with van der Waals surface area (Å²) in [5, 5.41) is 0.586. The molecule has 1 aromatic heterocycles. The Labute approximate surface area is 121 Å². The quantitative estimate of drug-likeness (QED) is 0.529. The summed E-state index contributed by atoms with van der Waals surface area (Å²) in [6.45, 7) is 3.99. The van der Waals surface area contributed by atoms with E-state index in [9.17, 15) is 4.79 Å². The maximum atomic E-state index is 11.8. The van der Waals surface area contributed by atoms with Gasteiger partial charge in [-0.1, -0.05) is 6.07 Å². The number of aryl methyl sites for hydroxylation is 1. The van der Waals surface area contributed by atoms with Crippen LogP contribution in [0.4, 0.5) is 5.69 Å². The number of carbonyl (C=O) groups is 1. The first-order chi connectivity index (χ1) is 9.61. The van der Waals surface area contributed by atoms with Gasteiger partial charge in [0.1, 0.15) is 0 Å². The summed E-state index contributed by atoms with van der Waals surface area (Å²) in [6, 6.07) is 5.23. The summed E-state index contributed by atoms with van der Waals surface area (Å²) in [5.74, 6) is -0.419. The lowest BCUT2D eigenvalue weighted by Crippen LogP contribution is -2.08. The molecule has 104 valence electrons. The maximum absolute atomic E-state index is 11.8. The van der Waals surface area contributed by atoms with Gasteiger partial charge in [-0.25, -0.2) is 14.8 Å². The van der Waals surface area contributed by atoms with Crippen molar-refractivity contribution in [2.45, 2.75) is 23.9 Å². The summed E-state index contributed by atoms with van der Waals surface area (Å²) in [6.07, 6.45) is 3.47. The Morgan fingerprint density at radius 3 is 2.70 bits per heavy atom. The molecule has 0 aliphatic heterocycles. The van der Waals surface area contributed by atoms with E-state index in [2.05, 4.69) is 9.97 Å². The fraction of sp³-hybridized carbons (Fsp3) is 0.214. The zero-order valence-electron chi connectivity index (χ0n) is 11.3. The molecule has 2 rings (SSSR count). The van der Waals surface area contributed by atoms with Crippen molar-refractivity contribution in [2.24, 2.45) is 0 Å². The molecule has 6 heteroatoms. The van der Waals surface area contributed by atoms with E-state index < -0.39 is 5.97 Å². The van der Waals surface area contributed by atoms with Gasteiger partial charge < -0.3 is 10.5 Å². The van der Waals surface area contributed by atoms with Crippen LogP contribution in [0.2, 0.25) is 0 Å². The fourth-order valence-electron chi connectivity index (χ4n) is 1.55.